The number of likely N-dealkylation sites (N-methyl/N-ethyl adjacent to an activating group) is 1. The highest BCUT2D eigenvalue weighted by atomic mass is 16.4. The van der Waals surface area contributed by atoms with Gasteiger partial charge in [0.2, 0.25) is 0 Å². The van der Waals surface area contributed by atoms with Gasteiger partial charge in [-0.15, -0.1) is 0 Å². The van der Waals surface area contributed by atoms with Crippen LogP contribution >= 0.6 is 0 Å². The molecular formula is C12H17N3O2. The van der Waals surface area contributed by atoms with Gasteiger partial charge in [-0.25, -0.2) is 9.78 Å². The van der Waals surface area contributed by atoms with Crippen LogP contribution in [0.2, 0.25) is 0 Å². The van der Waals surface area contributed by atoms with Gasteiger partial charge in [0.05, 0.1) is 0 Å². The number of hydrogen-bond acceptors (Lipinski definition) is 4. The SMILES string of the molecule is CN1CCCN(c2ncccc2C(=O)O)CC1. The minimum absolute atomic E-state index is 0.289. The third kappa shape index (κ3) is 2.74. The fourth-order valence-electron chi connectivity index (χ4n) is 2.07. The van der Waals surface area contributed by atoms with Crippen LogP contribution in [0.15, 0.2) is 18.3 Å². The highest BCUT2D eigenvalue weighted by Crippen LogP contribution is 2.18. The van der Waals surface area contributed by atoms with Crippen LogP contribution in [0.5, 0.6) is 0 Å². The molecule has 0 unspecified atom stereocenters. The monoisotopic (exact) mass is 235 g/mol. The van der Waals surface area contributed by atoms with Crippen LogP contribution in [0, 0.1) is 0 Å². The Kier molecular flexibility index (Phi) is 3.58. The van der Waals surface area contributed by atoms with E-state index in [-0.39, 0.29) is 5.56 Å². The van der Waals surface area contributed by atoms with Gasteiger partial charge >= 0.3 is 5.97 Å². The Bertz CT molecular complexity index is 408. The van der Waals surface area contributed by atoms with Crippen molar-refractivity contribution in [2.45, 2.75) is 6.42 Å². The van der Waals surface area contributed by atoms with Crippen LogP contribution in [-0.4, -0.2) is 54.2 Å². The topological polar surface area (TPSA) is 56.7 Å². The standard InChI is InChI=1S/C12H17N3O2/c1-14-6-3-7-15(9-8-14)11-10(12(16)17)4-2-5-13-11/h2,4-5H,3,6-9H2,1H3,(H,16,17). The Morgan fingerprint density at radius 3 is 2.94 bits per heavy atom. The maximum atomic E-state index is 11.1. The molecule has 1 aromatic rings. The van der Waals surface area contributed by atoms with Crippen molar-refractivity contribution < 1.29 is 9.90 Å². The lowest BCUT2D eigenvalue weighted by Crippen LogP contribution is -2.30. The third-order valence-corrected chi connectivity index (χ3v) is 3.04. The number of carboxylic acid groups (broad SMARTS) is 1. The number of nitrogens with zero attached hydrogens (tertiary/aromatic N) is 3. The van der Waals surface area contributed by atoms with Gasteiger partial charge in [0, 0.05) is 25.8 Å². The van der Waals surface area contributed by atoms with Crippen molar-refractivity contribution >= 4 is 11.8 Å². The first kappa shape index (κ1) is 11.9. The summed E-state index contributed by atoms with van der Waals surface area (Å²) in [4.78, 5) is 19.7. The number of anilines is 1. The van der Waals surface area contributed by atoms with E-state index in [1.807, 2.05) is 0 Å². The minimum atomic E-state index is -0.911. The Hall–Kier alpha value is -1.62. The van der Waals surface area contributed by atoms with Crippen molar-refractivity contribution in [1.82, 2.24) is 9.88 Å². The summed E-state index contributed by atoms with van der Waals surface area (Å²) in [5.74, 6) is -0.319. The van der Waals surface area contributed by atoms with E-state index in [2.05, 4.69) is 21.8 Å². The predicted octanol–water partition coefficient (Wildman–Crippen LogP) is 0.922. The largest absolute Gasteiger partial charge is 0.478 e. The molecule has 0 atom stereocenters. The number of aromatic carboxylic acids is 1. The van der Waals surface area contributed by atoms with Crippen LogP contribution in [0.3, 0.4) is 0 Å². The molecule has 2 rings (SSSR count). The third-order valence-electron chi connectivity index (χ3n) is 3.04. The maximum Gasteiger partial charge on any atom is 0.339 e. The van der Waals surface area contributed by atoms with Crippen molar-refractivity contribution in [2.75, 3.05) is 38.1 Å². The van der Waals surface area contributed by atoms with Gasteiger partial charge in [0.25, 0.3) is 0 Å². The molecule has 92 valence electrons. The number of pyridine rings is 1. The quantitative estimate of drug-likeness (QED) is 0.826. The van der Waals surface area contributed by atoms with Crippen LogP contribution in [0.25, 0.3) is 0 Å². The zero-order chi connectivity index (χ0) is 12.3. The average molecular weight is 235 g/mol. The van der Waals surface area contributed by atoms with Gasteiger partial charge in [0.15, 0.2) is 0 Å². The second-order valence-electron chi connectivity index (χ2n) is 4.32. The molecule has 0 radical (unpaired) electrons. The molecule has 0 aliphatic carbocycles. The molecule has 1 aliphatic heterocycles. The summed E-state index contributed by atoms with van der Waals surface area (Å²) in [6.07, 6.45) is 2.68. The molecule has 0 aromatic carbocycles. The average Bonchev–Trinajstić information content (AvgIpc) is 2.54. The normalized spacial score (nSPS) is 17.8. The maximum absolute atomic E-state index is 11.1. The molecule has 1 N–H and O–H groups in total. The van der Waals surface area contributed by atoms with E-state index in [1.165, 1.54) is 0 Å². The first-order chi connectivity index (χ1) is 8.18. The van der Waals surface area contributed by atoms with Gasteiger partial charge in [0.1, 0.15) is 11.4 Å². The molecule has 17 heavy (non-hydrogen) atoms. The lowest BCUT2D eigenvalue weighted by molar-refractivity contribution is 0.0697. The second-order valence-corrected chi connectivity index (χ2v) is 4.32. The number of aromatic nitrogens is 1. The van der Waals surface area contributed by atoms with Crippen LogP contribution in [-0.2, 0) is 0 Å². The van der Waals surface area contributed by atoms with Crippen molar-refractivity contribution in [3.63, 3.8) is 0 Å². The summed E-state index contributed by atoms with van der Waals surface area (Å²) < 4.78 is 0. The zero-order valence-corrected chi connectivity index (χ0v) is 9.96. The van der Waals surface area contributed by atoms with E-state index in [0.29, 0.717) is 5.82 Å². The summed E-state index contributed by atoms with van der Waals surface area (Å²) in [6, 6.07) is 3.27. The summed E-state index contributed by atoms with van der Waals surface area (Å²) in [5, 5.41) is 9.14. The lowest BCUT2D eigenvalue weighted by Gasteiger charge is -2.22. The van der Waals surface area contributed by atoms with Crippen LogP contribution in [0.1, 0.15) is 16.8 Å². The van der Waals surface area contributed by atoms with Crippen LogP contribution in [0.4, 0.5) is 5.82 Å². The van der Waals surface area contributed by atoms with E-state index in [1.54, 1.807) is 18.3 Å². The van der Waals surface area contributed by atoms with Gasteiger partial charge < -0.3 is 14.9 Å². The van der Waals surface area contributed by atoms with E-state index in [0.717, 1.165) is 32.6 Å². The zero-order valence-electron chi connectivity index (χ0n) is 9.96. The first-order valence-electron chi connectivity index (χ1n) is 5.80. The Labute approximate surface area is 101 Å². The van der Waals surface area contributed by atoms with E-state index in [9.17, 15) is 4.79 Å². The minimum Gasteiger partial charge on any atom is -0.478 e. The molecule has 1 aromatic heterocycles. The molecule has 1 saturated heterocycles. The molecule has 5 nitrogen and oxygen atoms in total. The molecule has 0 amide bonds. The lowest BCUT2D eigenvalue weighted by atomic mass is 10.2. The molecule has 1 fully saturated rings. The van der Waals surface area contributed by atoms with Crippen molar-refractivity contribution in [2.24, 2.45) is 0 Å². The smallest absolute Gasteiger partial charge is 0.339 e. The van der Waals surface area contributed by atoms with Gasteiger partial charge in [-0.1, -0.05) is 0 Å². The molecule has 0 bridgehead atoms. The number of carbonyl (C=O) groups is 1. The summed E-state index contributed by atoms with van der Waals surface area (Å²) in [5.41, 5.74) is 0.289. The van der Waals surface area contributed by atoms with E-state index in [4.69, 9.17) is 5.11 Å². The van der Waals surface area contributed by atoms with Gasteiger partial charge in [-0.3, -0.25) is 0 Å². The molecule has 0 spiro atoms. The van der Waals surface area contributed by atoms with Gasteiger partial charge in [-0.2, -0.15) is 0 Å². The van der Waals surface area contributed by atoms with Gasteiger partial charge in [-0.05, 0) is 32.1 Å². The van der Waals surface area contributed by atoms with E-state index >= 15 is 0 Å². The van der Waals surface area contributed by atoms with Crippen LogP contribution < -0.4 is 4.90 Å². The summed E-state index contributed by atoms with van der Waals surface area (Å²) in [6.45, 7) is 3.68. The fourth-order valence-corrected chi connectivity index (χ4v) is 2.07. The number of hydrogen-bond donors (Lipinski definition) is 1. The first-order valence-corrected chi connectivity index (χ1v) is 5.80. The van der Waals surface area contributed by atoms with Crippen molar-refractivity contribution in [1.29, 1.82) is 0 Å². The fraction of sp³-hybridized carbons (Fsp3) is 0.500. The second kappa shape index (κ2) is 5.14. The highest BCUT2D eigenvalue weighted by Gasteiger charge is 2.19. The molecule has 1 aliphatic rings. The van der Waals surface area contributed by atoms with Crippen molar-refractivity contribution in [3.05, 3.63) is 23.9 Å². The molecule has 2 heterocycles. The summed E-state index contributed by atoms with van der Waals surface area (Å²) >= 11 is 0. The molecule has 0 saturated carbocycles. The Morgan fingerprint density at radius 1 is 1.35 bits per heavy atom. The number of rotatable bonds is 2. The van der Waals surface area contributed by atoms with Crippen molar-refractivity contribution in [3.8, 4) is 0 Å². The van der Waals surface area contributed by atoms with E-state index < -0.39 is 5.97 Å². The number of carboxylic acids is 1. The molecular weight excluding hydrogens is 218 g/mol. The highest BCUT2D eigenvalue weighted by molar-refractivity contribution is 5.93. The predicted molar refractivity (Wildman–Crippen MR) is 65.5 cm³/mol. The molecule has 5 heteroatoms. The Balaban J connectivity index is 2.24. The summed E-state index contributed by atoms with van der Waals surface area (Å²) in [7, 11) is 2.08. The Morgan fingerprint density at radius 2 is 2.18 bits per heavy atom.